The summed E-state index contributed by atoms with van der Waals surface area (Å²) in [4.78, 5) is 36.7. The highest BCUT2D eigenvalue weighted by Crippen LogP contribution is 2.31. The summed E-state index contributed by atoms with van der Waals surface area (Å²) in [5, 5.41) is 0. The van der Waals surface area contributed by atoms with Crippen LogP contribution in [-0.2, 0) is 25.5 Å². The van der Waals surface area contributed by atoms with E-state index in [-0.39, 0.29) is 31.3 Å². The van der Waals surface area contributed by atoms with E-state index in [4.69, 9.17) is 23.7 Å². The first-order valence-electron chi connectivity index (χ1n) is 12.9. The maximum absolute atomic E-state index is 12.8. The number of methoxy groups -OCH3 is 1. The first-order valence-corrected chi connectivity index (χ1v) is 12.9. The van der Waals surface area contributed by atoms with Crippen LogP contribution in [0.4, 0.5) is 0 Å². The predicted octanol–water partition coefficient (Wildman–Crippen LogP) is 6.40. The molecule has 8 nitrogen and oxygen atoms in total. The van der Waals surface area contributed by atoms with E-state index >= 15 is 0 Å². The third-order valence-electron chi connectivity index (χ3n) is 5.53. The smallest absolute Gasteiger partial charge is 0.314 e. The second-order valence-corrected chi connectivity index (χ2v) is 11.1. The summed E-state index contributed by atoms with van der Waals surface area (Å²) in [5.74, 6) is 0.641. The third-order valence-corrected chi connectivity index (χ3v) is 5.53. The van der Waals surface area contributed by atoms with Crippen molar-refractivity contribution in [3.8, 4) is 17.2 Å². The van der Waals surface area contributed by atoms with Crippen LogP contribution in [0.15, 0.2) is 42.5 Å². The van der Waals surface area contributed by atoms with Gasteiger partial charge >= 0.3 is 11.9 Å². The Morgan fingerprint density at radius 3 is 1.87 bits per heavy atom. The van der Waals surface area contributed by atoms with Crippen LogP contribution in [0.3, 0.4) is 0 Å². The van der Waals surface area contributed by atoms with Crippen molar-refractivity contribution in [2.24, 2.45) is 10.8 Å². The minimum Gasteiger partial charge on any atom is -0.496 e. The van der Waals surface area contributed by atoms with Gasteiger partial charge in [-0.25, -0.2) is 0 Å². The molecule has 0 aliphatic heterocycles. The molecule has 0 spiro atoms. The van der Waals surface area contributed by atoms with Gasteiger partial charge in [0.25, 0.3) is 0 Å². The van der Waals surface area contributed by atoms with Crippen molar-refractivity contribution in [3.05, 3.63) is 59.2 Å². The van der Waals surface area contributed by atoms with Crippen LogP contribution in [0.25, 0.3) is 6.08 Å². The van der Waals surface area contributed by atoms with E-state index in [0.717, 1.165) is 18.4 Å². The van der Waals surface area contributed by atoms with Crippen molar-refractivity contribution in [2.75, 3.05) is 20.7 Å². The molecule has 0 heterocycles. The van der Waals surface area contributed by atoms with Gasteiger partial charge in [0.15, 0.2) is 5.78 Å². The number of carbonyl (C=O) groups excluding carboxylic acids is 3. The molecule has 0 bridgehead atoms. The van der Waals surface area contributed by atoms with Crippen LogP contribution in [0, 0.1) is 10.8 Å². The van der Waals surface area contributed by atoms with Gasteiger partial charge in [-0.3, -0.25) is 14.4 Å². The van der Waals surface area contributed by atoms with Crippen LogP contribution >= 0.6 is 0 Å². The Morgan fingerprint density at radius 1 is 0.795 bits per heavy atom. The van der Waals surface area contributed by atoms with E-state index in [2.05, 4.69) is 6.92 Å². The Morgan fingerprint density at radius 2 is 1.36 bits per heavy atom. The molecule has 0 amide bonds. The Labute approximate surface area is 231 Å². The van der Waals surface area contributed by atoms with Gasteiger partial charge < -0.3 is 23.7 Å². The summed E-state index contributed by atoms with van der Waals surface area (Å²) in [6.07, 6.45) is 4.77. The number of hydrogen-bond acceptors (Lipinski definition) is 8. The number of carbonyl (C=O) groups is 3. The topological polar surface area (TPSA) is 97.4 Å². The molecule has 2 aromatic rings. The molecule has 2 rings (SSSR count). The number of rotatable bonds is 12. The van der Waals surface area contributed by atoms with Gasteiger partial charge in [0.2, 0.25) is 13.6 Å². The normalized spacial score (nSPS) is 11.7. The van der Waals surface area contributed by atoms with E-state index in [9.17, 15) is 14.4 Å². The minimum absolute atomic E-state index is 0.200. The Bertz CT molecular complexity index is 1160. The zero-order valence-corrected chi connectivity index (χ0v) is 24.2. The van der Waals surface area contributed by atoms with Crippen LogP contribution in [0.2, 0.25) is 0 Å². The van der Waals surface area contributed by atoms with Crippen molar-refractivity contribution < 1.29 is 38.1 Å². The van der Waals surface area contributed by atoms with Gasteiger partial charge in [0.05, 0.1) is 17.9 Å². The van der Waals surface area contributed by atoms with Crippen LogP contribution in [0.5, 0.6) is 17.2 Å². The van der Waals surface area contributed by atoms with Crippen molar-refractivity contribution in [3.63, 3.8) is 0 Å². The highest BCUT2D eigenvalue weighted by Gasteiger charge is 2.24. The summed E-state index contributed by atoms with van der Waals surface area (Å²) in [7, 11) is 1.54. The van der Waals surface area contributed by atoms with E-state index in [1.165, 1.54) is 13.2 Å². The van der Waals surface area contributed by atoms with Gasteiger partial charge in [-0.15, -0.1) is 0 Å². The molecule has 8 heteroatoms. The number of aryl methyl sites for hydroxylation is 1. The van der Waals surface area contributed by atoms with Crippen molar-refractivity contribution in [1.29, 1.82) is 0 Å². The fourth-order valence-corrected chi connectivity index (χ4v) is 3.24. The summed E-state index contributed by atoms with van der Waals surface area (Å²) < 4.78 is 27.1. The average molecular weight is 541 g/mol. The fourth-order valence-electron chi connectivity index (χ4n) is 3.24. The first-order chi connectivity index (χ1) is 18.3. The average Bonchev–Trinajstić information content (AvgIpc) is 2.87. The van der Waals surface area contributed by atoms with Crippen LogP contribution < -0.4 is 14.2 Å². The molecule has 0 aromatic heterocycles. The molecule has 0 aliphatic carbocycles. The molecular weight excluding hydrogens is 500 g/mol. The quantitative estimate of drug-likeness (QED) is 0.132. The van der Waals surface area contributed by atoms with Crippen LogP contribution in [0.1, 0.15) is 76.4 Å². The summed E-state index contributed by atoms with van der Waals surface area (Å²) in [6.45, 7) is 12.3. The SMILES string of the molecule is CCCc1cc(/C=C/C(=O)c2ccc(OCOC(=O)C(C)(C)C)cc2)c(OC)cc1OCOC(=O)C(C)(C)C. The number of ether oxygens (including phenoxy) is 5. The predicted molar refractivity (Wildman–Crippen MR) is 149 cm³/mol. The number of allylic oxidation sites excluding steroid dienone is 1. The maximum Gasteiger partial charge on any atom is 0.314 e. The summed E-state index contributed by atoms with van der Waals surface area (Å²) >= 11 is 0. The molecule has 0 radical (unpaired) electrons. The Kier molecular flexibility index (Phi) is 11.1. The van der Waals surface area contributed by atoms with E-state index in [1.807, 2.05) is 6.07 Å². The molecule has 0 saturated carbocycles. The van der Waals surface area contributed by atoms with Gasteiger partial charge in [0, 0.05) is 17.2 Å². The molecule has 39 heavy (non-hydrogen) atoms. The van der Waals surface area contributed by atoms with E-state index in [0.29, 0.717) is 28.4 Å². The van der Waals surface area contributed by atoms with Crippen molar-refractivity contribution >= 4 is 23.8 Å². The zero-order chi connectivity index (χ0) is 29.2. The number of ketones is 1. The Balaban J connectivity index is 2.09. The van der Waals surface area contributed by atoms with E-state index < -0.39 is 10.8 Å². The van der Waals surface area contributed by atoms with E-state index in [1.54, 1.807) is 78.0 Å². The van der Waals surface area contributed by atoms with Crippen molar-refractivity contribution in [1.82, 2.24) is 0 Å². The third kappa shape index (κ3) is 9.78. The molecule has 0 fully saturated rings. The lowest BCUT2D eigenvalue weighted by Gasteiger charge is -2.18. The Hall–Kier alpha value is -3.81. The van der Waals surface area contributed by atoms with Gasteiger partial charge in [-0.05, 0) is 96.0 Å². The van der Waals surface area contributed by atoms with Gasteiger partial charge in [0.1, 0.15) is 17.2 Å². The monoisotopic (exact) mass is 540 g/mol. The summed E-state index contributed by atoms with van der Waals surface area (Å²) in [6, 6.07) is 10.2. The molecule has 0 saturated heterocycles. The molecule has 0 unspecified atom stereocenters. The maximum atomic E-state index is 12.8. The number of benzene rings is 2. The van der Waals surface area contributed by atoms with Crippen LogP contribution in [-0.4, -0.2) is 38.4 Å². The lowest BCUT2D eigenvalue weighted by molar-refractivity contribution is -0.160. The second-order valence-electron chi connectivity index (χ2n) is 11.1. The number of esters is 2. The standard InChI is InChI=1S/C31H40O8/c1-9-10-22-17-23(26(35-8)18-27(22)37-20-39-29(34)31(5,6)7)13-16-25(32)21-11-14-24(15-12-21)36-19-38-28(33)30(2,3)4/h11-18H,9-10,19-20H2,1-8H3/b16-13+. The van der Waals surface area contributed by atoms with Gasteiger partial charge in [-0.1, -0.05) is 13.3 Å². The molecule has 0 aliphatic rings. The zero-order valence-electron chi connectivity index (χ0n) is 24.2. The lowest BCUT2D eigenvalue weighted by atomic mass is 9.97. The molecule has 212 valence electrons. The highest BCUT2D eigenvalue weighted by molar-refractivity contribution is 6.07. The minimum atomic E-state index is -0.622. The molecule has 0 N–H and O–H groups in total. The second kappa shape index (κ2) is 13.8. The molecular formula is C31H40O8. The fraction of sp³-hybridized carbons (Fsp3) is 0.452. The van der Waals surface area contributed by atoms with Crippen molar-refractivity contribution in [2.45, 2.75) is 61.3 Å². The molecule has 0 atom stereocenters. The van der Waals surface area contributed by atoms with Gasteiger partial charge in [-0.2, -0.15) is 0 Å². The summed E-state index contributed by atoms with van der Waals surface area (Å²) in [5.41, 5.74) is 0.863. The largest absolute Gasteiger partial charge is 0.496 e. The molecule has 2 aromatic carbocycles. The highest BCUT2D eigenvalue weighted by atomic mass is 16.7. The number of hydrogen-bond donors (Lipinski definition) is 0. The lowest BCUT2D eigenvalue weighted by Crippen LogP contribution is -2.24. The first kappa shape index (κ1) is 31.4.